The van der Waals surface area contributed by atoms with Gasteiger partial charge in [-0.2, -0.15) is 0 Å². The Balaban J connectivity index is 2.49. The van der Waals surface area contributed by atoms with Crippen LogP contribution in [0.1, 0.15) is 15.9 Å². The minimum Gasteiger partial charge on any atom is -0.288 e. The van der Waals surface area contributed by atoms with Crippen LogP contribution >= 0.6 is 23.2 Å². The maximum atomic E-state index is 12.2. The highest BCUT2D eigenvalue weighted by Crippen LogP contribution is 2.33. The summed E-state index contributed by atoms with van der Waals surface area (Å²) in [5, 5.41) is 10.6. The number of para-hydroxylation sites is 1. The predicted molar refractivity (Wildman–Crippen MR) is 82.5 cm³/mol. The number of carbonyl (C=O) groups excluding carboxylic acids is 1. The fourth-order valence-electron chi connectivity index (χ4n) is 1.75. The zero-order valence-electron chi connectivity index (χ0n) is 10.6. The lowest BCUT2D eigenvalue weighted by Crippen LogP contribution is -2.01. The molecule has 2 rings (SSSR count). The molecule has 0 saturated heterocycles. The van der Waals surface area contributed by atoms with E-state index in [0.717, 1.165) is 0 Å². The van der Waals surface area contributed by atoms with E-state index in [0.29, 0.717) is 5.56 Å². The van der Waals surface area contributed by atoms with Crippen molar-refractivity contribution in [3.05, 3.63) is 80.9 Å². The van der Waals surface area contributed by atoms with Crippen molar-refractivity contribution in [2.75, 3.05) is 0 Å². The van der Waals surface area contributed by atoms with Gasteiger partial charge in [0, 0.05) is 11.6 Å². The van der Waals surface area contributed by atoms with Crippen molar-refractivity contribution in [3.8, 4) is 0 Å². The highest BCUT2D eigenvalue weighted by Gasteiger charge is 2.21. The average Bonchev–Trinajstić information content (AvgIpc) is 2.53. The summed E-state index contributed by atoms with van der Waals surface area (Å²) in [5.74, 6) is -0.486. The molecule has 0 aliphatic rings. The zero-order valence-corrected chi connectivity index (χ0v) is 12.1. The van der Waals surface area contributed by atoms with E-state index in [1.54, 1.807) is 36.4 Å². The van der Waals surface area contributed by atoms with Crippen LogP contribution in [0.5, 0.6) is 0 Å². The number of nitrogens with zero attached hydrogens (tertiary/aromatic N) is 1. The Hall–Kier alpha value is -2.17. The number of carbonyl (C=O) groups is 1. The number of halogens is 2. The topological polar surface area (TPSA) is 60.2 Å². The van der Waals surface area contributed by atoms with Gasteiger partial charge in [-0.3, -0.25) is 14.9 Å². The number of nitro benzene ring substituents is 1. The van der Waals surface area contributed by atoms with Gasteiger partial charge < -0.3 is 0 Å². The Morgan fingerprint density at radius 3 is 2.14 bits per heavy atom. The first-order valence-corrected chi connectivity index (χ1v) is 6.66. The van der Waals surface area contributed by atoms with Crippen LogP contribution in [0.4, 0.5) is 5.69 Å². The van der Waals surface area contributed by atoms with Crippen LogP contribution in [0.2, 0.25) is 0 Å². The second-order valence-electron chi connectivity index (χ2n) is 4.10. The van der Waals surface area contributed by atoms with Crippen molar-refractivity contribution in [1.82, 2.24) is 0 Å². The molecule has 21 heavy (non-hydrogen) atoms. The van der Waals surface area contributed by atoms with Crippen molar-refractivity contribution in [1.29, 1.82) is 0 Å². The van der Waals surface area contributed by atoms with Gasteiger partial charge in [-0.05, 0) is 6.07 Å². The number of Topliss-reactive ketones (excluding diaryl/α,β-unsaturated/α-hetero) is 1. The molecule has 0 N–H and O–H groups in total. The molecule has 0 atom stereocenters. The average molecular weight is 322 g/mol. The Morgan fingerprint density at radius 2 is 1.52 bits per heavy atom. The molecule has 0 fully saturated rings. The number of rotatable bonds is 4. The summed E-state index contributed by atoms with van der Waals surface area (Å²) in [7, 11) is 0. The van der Waals surface area contributed by atoms with Gasteiger partial charge in [0.25, 0.3) is 5.69 Å². The second-order valence-corrected chi connectivity index (χ2v) is 4.85. The summed E-state index contributed by atoms with van der Waals surface area (Å²) in [5.41, 5.74) is 0.263. The molecule has 0 heterocycles. The van der Waals surface area contributed by atoms with Crippen molar-refractivity contribution in [2.45, 2.75) is 0 Å². The van der Waals surface area contributed by atoms with Crippen LogP contribution in [-0.4, -0.2) is 10.7 Å². The maximum absolute atomic E-state index is 12.2. The van der Waals surface area contributed by atoms with Crippen LogP contribution in [0.3, 0.4) is 0 Å². The Labute approximate surface area is 130 Å². The van der Waals surface area contributed by atoms with Crippen molar-refractivity contribution in [2.24, 2.45) is 0 Å². The standard InChI is InChI=1S/C15H9Cl2NO3/c16-13(11-8-4-5-9-12(11)18(20)21)14(17)15(19)10-6-2-1-3-7-10/h1-9H. The molecule has 0 spiro atoms. The lowest BCUT2D eigenvalue weighted by Gasteiger charge is -2.05. The van der Waals surface area contributed by atoms with Crippen LogP contribution in [0, 0.1) is 10.1 Å². The van der Waals surface area contributed by atoms with E-state index < -0.39 is 10.7 Å². The summed E-state index contributed by atoms with van der Waals surface area (Å²) in [6.45, 7) is 0. The van der Waals surface area contributed by atoms with Gasteiger partial charge in [-0.15, -0.1) is 0 Å². The SMILES string of the molecule is O=C(C(Cl)=C(Cl)c1ccccc1[N+](=O)[O-])c1ccccc1. The quantitative estimate of drug-likeness (QED) is 0.357. The van der Waals surface area contributed by atoms with Gasteiger partial charge in [0.15, 0.2) is 0 Å². The summed E-state index contributed by atoms with van der Waals surface area (Å²) < 4.78 is 0. The Morgan fingerprint density at radius 1 is 0.952 bits per heavy atom. The third-order valence-corrected chi connectivity index (χ3v) is 3.62. The van der Waals surface area contributed by atoms with Gasteiger partial charge in [-0.25, -0.2) is 0 Å². The van der Waals surface area contributed by atoms with E-state index in [4.69, 9.17) is 23.2 Å². The van der Waals surface area contributed by atoms with Gasteiger partial charge >= 0.3 is 0 Å². The smallest absolute Gasteiger partial charge is 0.278 e. The lowest BCUT2D eigenvalue weighted by atomic mass is 10.1. The highest BCUT2D eigenvalue weighted by atomic mass is 35.5. The van der Waals surface area contributed by atoms with Crippen LogP contribution in [0.25, 0.3) is 5.03 Å². The summed E-state index contributed by atoms with van der Waals surface area (Å²) in [4.78, 5) is 22.6. The van der Waals surface area contributed by atoms with Gasteiger partial charge in [-0.1, -0.05) is 65.7 Å². The molecule has 0 aliphatic carbocycles. The fourth-order valence-corrected chi connectivity index (χ4v) is 2.21. The molecule has 0 aromatic heterocycles. The third-order valence-electron chi connectivity index (χ3n) is 2.77. The van der Waals surface area contributed by atoms with Crippen LogP contribution < -0.4 is 0 Å². The van der Waals surface area contributed by atoms with Gasteiger partial charge in [0.05, 0.1) is 15.5 Å². The number of hydrogen-bond acceptors (Lipinski definition) is 3. The van der Waals surface area contributed by atoms with E-state index in [-0.39, 0.29) is 21.3 Å². The van der Waals surface area contributed by atoms with Crippen molar-refractivity contribution in [3.63, 3.8) is 0 Å². The minimum absolute atomic E-state index is 0.110. The first kappa shape index (κ1) is 15.2. The van der Waals surface area contributed by atoms with Crippen molar-refractivity contribution >= 4 is 39.7 Å². The van der Waals surface area contributed by atoms with E-state index in [1.165, 1.54) is 18.2 Å². The molecule has 0 amide bonds. The largest absolute Gasteiger partial charge is 0.288 e. The van der Waals surface area contributed by atoms with Gasteiger partial charge in [0.2, 0.25) is 5.78 Å². The predicted octanol–water partition coefficient (Wildman–Crippen LogP) is 4.62. The molecule has 2 aromatic rings. The normalized spacial score (nSPS) is 11.7. The monoisotopic (exact) mass is 321 g/mol. The number of nitro groups is 1. The molecule has 106 valence electrons. The van der Waals surface area contributed by atoms with Crippen molar-refractivity contribution < 1.29 is 9.72 Å². The number of ketones is 1. The summed E-state index contributed by atoms with van der Waals surface area (Å²) >= 11 is 12.1. The Bertz CT molecular complexity index is 727. The third kappa shape index (κ3) is 3.29. The molecule has 0 saturated carbocycles. The number of benzene rings is 2. The van der Waals surface area contributed by atoms with E-state index in [2.05, 4.69) is 0 Å². The van der Waals surface area contributed by atoms with E-state index in [9.17, 15) is 14.9 Å². The highest BCUT2D eigenvalue weighted by molar-refractivity contribution is 6.61. The first-order valence-electron chi connectivity index (χ1n) is 5.91. The molecular weight excluding hydrogens is 313 g/mol. The molecule has 4 nitrogen and oxygen atoms in total. The fraction of sp³-hybridized carbons (Fsp3) is 0. The Kier molecular flexibility index (Phi) is 4.73. The molecule has 0 bridgehead atoms. The molecule has 0 aliphatic heterocycles. The molecule has 0 radical (unpaired) electrons. The van der Waals surface area contributed by atoms with E-state index >= 15 is 0 Å². The van der Waals surface area contributed by atoms with Crippen LogP contribution in [0.15, 0.2) is 59.6 Å². The molecule has 6 heteroatoms. The zero-order chi connectivity index (χ0) is 15.4. The maximum Gasteiger partial charge on any atom is 0.278 e. The second kappa shape index (κ2) is 6.52. The van der Waals surface area contributed by atoms with E-state index in [1.807, 2.05) is 0 Å². The molecule has 2 aromatic carbocycles. The summed E-state index contributed by atoms with van der Waals surface area (Å²) in [6, 6.07) is 14.2. The number of hydrogen-bond donors (Lipinski definition) is 0. The minimum atomic E-state index is -0.575. The molecular formula is C15H9Cl2NO3. The van der Waals surface area contributed by atoms with Gasteiger partial charge in [0.1, 0.15) is 5.03 Å². The van der Waals surface area contributed by atoms with Crippen LogP contribution in [-0.2, 0) is 0 Å². The first-order chi connectivity index (χ1) is 10.0. The lowest BCUT2D eigenvalue weighted by molar-refractivity contribution is -0.385. The molecule has 0 unspecified atom stereocenters. The summed E-state index contributed by atoms with van der Waals surface area (Å²) in [6.07, 6.45) is 0. The number of allylic oxidation sites excluding steroid dienone is 1.